The molecule has 232 valence electrons. The van der Waals surface area contributed by atoms with E-state index >= 15 is 0 Å². The molecule has 2 aromatic carbocycles. The third-order valence-corrected chi connectivity index (χ3v) is 6.56. The average Bonchev–Trinajstić information content (AvgIpc) is 2.88. The molecule has 0 saturated carbocycles. The maximum absolute atomic E-state index is 9.65. The van der Waals surface area contributed by atoms with Crippen molar-refractivity contribution < 1.29 is 44.1 Å². The Hall–Kier alpha value is -2.24. The highest BCUT2D eigenvalue weighted by molar-refractivity contribution is 5.41. The van der Waals surface area contributed by atoms with Gasteiger partial charge in [0.25, 0.3) is 0 Å². The first-order valence-electron chi connectivity index (χ1n) is 14.2. The molecule has 0 aromatic heterocycles. The SMILES string of the molecule is CC(O)COCC(COCC(C)O)(COCC(C)O)COCC(C)Oc1ccc(C(C)(C)c2ccc(O)cc2)cc1. The quantitative estimate of drug-likeness (QED) is 0.186. The number of hydrogen-bond acceptors (Lipinski definition) is 9. The molecule has 0 bridgehead atoms. The van der Waals surface area contributed by atoms with Crippen LogP contribution in [-0.2, 0) is 24.4 Å². The van der Waals surface area contributed by atoms with Crippen LogP contribution in [0.15, 0.2) is 48.5 Å². The monoisotopic (exact) mass is 578 g/mol. The van der Waals surface area contributed by atoms with Crippen molar-refractivity contribution in [3.8, 4) is 11.5 Å². The number of phenols is 1. The normalized spacial score (nSPS) is 16.5. The van der Waals surface area contributed by atoms with Gasteiger partial charge in [-0.15, -0.1) is 0 Å². The van der Waals surface area contributed by atoms with Gasteiger partial charge in [-0.05, 0) is 63.1 Å². The van der Waals surface area contributed by atoms with Crippen molar-refractivity contribution in [1.82, 2.24) is 0 Å². The largest absolute Gasteiger partial charge is 0.508 e. The number of aliphatic hydroxyl groups excluding tert-OH is 3. The third kappa shape index (κ3) is 12.7. The van der Waals surface area contributed by atoms with Gasteiger partial charge >= 0.3 is 0 Å². The lowest BCUT2D eigenvalue weighted by Gasteiger charge is -2.34. The molecule has 4 N–H and O–H groups in total. The molecule has 0 fully saturated rings. The van der Waals surface area contributed by atoms with Gasteiger partial charge in [0.15, 0.2) is 0 Å². The fourth-order valence-corrected chi connectivity index (χ4v) is 4.29. The van der Waals surface area contributed by atoms with E-state index in [1.807, 2.05) is 43.3 Å². The summed E-state index contributed by atoms with van der Waals surface area (Å²) in [6, 6.07) is 15.2. The average molecular weight is 579 g/mol. The Bertz CT molecular complexity index is 936. The van der Waals surface area contributed by atoms with Gasteiger partial charge in [-0.25, -0.2) is 0 Å². The zero-order valence-corrected chi connectivity index (χ0v) is 25.4. The van der Waals surface area contributed by atoms with Gasteiger partial charge in [-0.3, -0.25) is 0 Å². The molecule has 0 aliphatic rings. The molecule has 4 atom stereocenters. The van der Waals surface area contributed by atoms with Crippen LogP contribution in [0.2, 0.25) is 0 Å². The molecule has 2 aromatic rings. The van der Waals surface area contributed by atoms with Gasteiger partial charge in [0.05, 0.1) is 76.6 Å². The van der Waals surface area contributed by atoms with Crippen molar-refractivity contribution in [2.45, 2.75) is 71.4 Å². The number of hydrogen-bond donors (Lipinski definition) is 4. The van der Waals surface area contributed by atoms with E-state index in [0.29, 0.717) is 6.61 Å². The van der Waals surface area contributed by atoms with Gasteiger partial charge in [0.1, 0.15) is 17.6 Å². The maximum atomic E-state index is 9.65. The Morgan fingerprint density at radius 3 is 1.34 bits per heavy atom. The Morgan fingerprint density at radius 2 is 0.951 bits per heavy atom. The second-order valence-electron chi connectivity index (χ2n) is 11.7. The minimum atomic E-state index is -0.722. The summed E-state index contributed by atoms with van der Waals surface area (Å²) in [5, 5.41) is 38.6. The second kappa shape index (κ2) is 17.0. The Kier molecular flexibility index (Phi) is 14.5. The highest BCUT2D eigenvalue weighted by Gasteiger charge is 2.33. The van der Waals surface area contributed by atoms with Gasteiger partial charge in [-0.1, -0.05) is 38.1 Å². The number of aromatic hydroxyl groups is 1. The number of aliphatic hydroxyl groups is 3. The molecule has 0 radical (unpaired) electrons. The minimum absolute atomic E-state index is 0.146. The molecule has 0 heterocycles. The van der Waals surface area contributed by atoms with Crippen LogP contribution in [0, 0.1) is 5.41 Å². The van der Waals surface area contributed by atoms with E-state index in [1.54, 1.807) is 32.9 Å². The van der Waals surface area contributed by atoms with E-state index < -0.39 is 23.7 Å². The molecule has 41 heavy (non-hydrogen) atoms. The number of ether oxygens (including phenoxy) is 5. The van der Waals surface area contributed by atoms with Crippen molar-refractivity contribution in [3.63, 3.8) is 0 Å². The molecule has 0 saturated heterocycles. The molecule has 0 aliphatic heterocycles. The molecular weight excluding hydrogens is 528 g/mol. The van der Waals surface area contributed by atoms with Crippen LogP contribution in [0.4, 0.5) is 0 Å². The lowest BCUT2D eigenvalue weighted by Crippen LogP contribution is -2.43. The highest BCUT2D eigenvalue weighted by Crippen LogP contribution is 2.33. The van der Waals surface area contributed by atoms with E-state index in [9.17, 15) is 20.4 Å². The number of phenolic OH excluding ortho intramolecular Hbond substituents is 1. The van der Waals surface area contributed by atoms with E-state index in [1.165, 1.54) is 0 Å². The first kappa shape index (κ1) is 35.0. The van der Waals surface area contributed by atoms with Crippen molar-refractivity contribution in [1.29, 1.82) is 0 Å². The highest BCUT2D eigenvalue weighted by atomic mass is 16.5. The van der Waals surface area contributed by atoms with Crippen molar-refractivity contribution in [3.05, 3.63) is 59.7 Å². The summed E-state index contributed by atoms with van der Waals surface area (Å²) in [7, 11) is 0. The summed E-state index contributed by atoms with van der Waals surface area (Å²) in [5.74, 6) is 0.965. The standard InChI is InChI=1S/C32H50O9/c1-23(33)15-37-19-32(20-38-16-24(2)34,21-39-17-25(3)35)22-40-18-26(4)41-30-13-9-28(10-14-30)31(5,6)27-7-11-29(36)12-8-27/h7-14,23-26,33-36H,15-22H2,1-6H3. The zero-order chi connectivity index (χ0) is 30.5. The van der Waals surface area contributed by atoms with Crippen LogP contribution in [0.3, 0.4) is 0 Å². The van der Waals surface area contributed by atoms with Crippen LogP contribution in [0.5, 0.6) is 11.5 Å². The minimum Gasteiger partial charge on any atom is -0.508 e. The van der Waals surface area contributed by atoms with Crippen LogP contribution in [0.1, 0.15) is 52.7 Å². The Balaban J connectivity index is 2.00. The Labute approximate surface area is 245 Å². The van der Waals surface area contributed by atoms with Gasteiger partial charge < -0.3 is 44.1 Å². The molecular formula is C32H50O9. The second-order valence-corrected chi connectivity index (χ2v) is 11.7. The van der Waals surface area contributed by atoms with Crippen LogP contribution in [0.25, 0.3) is 0 Å². The predicted molar refractivity (Wildman–Crippen MR) is 158 cm³/mol. The molecule has 9 nitrogen and oxygen atoms in total. The van der Waals surface area contributed by atoms with Gasteiger partial charge in [-0.2, -0.15) is 0 Å². The van der Waals surface area contributed by atoms with Crippen molar-refractivity contribution in [2.24, 2.45) is 5.41 Å². The van der Waals surface area contributed by atoms with E-state index in [-0.39, 0.29) is 63.5 Å². The fourth-order valence-electron chi connectivity index (χ4n) is 4.29. The van der Waals surface area contributed by atoms with Crippen LogP contribution >= 0.6 is 0 Å². The zero-order valence-electron chi connectivity index (χ0n) is 25.4. The molecule has 4 unspecified atom stereocenters. The topological polar surface area (TPSA) is 127 Å². The molecule has 2 rings (SSSR count). The first-order valence-corrected chi connectivity index (χ1v) is 14.2. The van der Waals surface area contributed by atoms with Crippen LogP contribution < -0.4 is 4.74 Å². The van der Waals surface area contributed by atoms with Crippen LogP contribution in [-0.4, -0.2) is 97.7 Å². The number of benzene rings is 2. The maximum Gasteiger partial charge on any atom is 0.119 e. The van der Waals surface area contributed by atoms with Crippen molar-refractivity contribution >= 4 is 0 Å². The van der Waals surface area contributed by atoms with Gasteiger partial charge in [0, 0.05) is 5.41 Å². The van der Waals surface area contributed by atoms with Gasteiger partial charge in [0.2, 0.25) is 0 Å². The summed E-state index contributed by atoms with van der Waals surface area (Å²) in [4.78, 5) is 0. The number of rotatable bonds is 20. The molecule has 0 aliphatic carbocycles. The summed E-state index contributed by atoms with van der Waals surface area (Å²) in [5.41, 5.74) is 1.25. The smallest absolute Gasteiger partial charge is 0.119 e. The van der Waals surface area contributed by atoms with E-state index in [2.05, 4.69) is 13.8 Å². The summed E-state index contributed by atoms with van der Waals surface area (Å²) in [6.45, 7) is 12.7. The van der Waals surface area contributed by atoms with E-state index in [0.717, 1.165) is 16.9 Å². The fraction of sp³-hybridized carbons (Fsp3) is 0.625. The lowest BCUT2D eigenvalue weighted by molar-refractivity contribution is -0.128. The molecule has 0 amide bonds. The van der Waals surface area contributed by atoms with Crippen molar-refractivity contribution in [2.75, 3.05) is 52.9 Å². The van der Waals surface area contributed by atoms with E-state index in [4.69, 9.17) is 23.7 Å². The lowest BCUT2D eigenvalue weighted by atomic mass is 9.78. The molecule has 9 heteroatoms. The molecule has 0 spiro atoms. The first-order chi connectivity index (χ1) is 19.3. The predicted octanol–water partition coefficient (Wildman–Crippen LogP) is 3.68. The summed E-state index contributed by atoms with van der Waals surface area (Å²) in [6.07, 6.45) is -2.13. The third-order valence-electron chi connectivity index (χ3n) is 6.56. The Morgan fingerprint density at radius 1 is 0.585 bits per heavy atom. The summed E-state index contributed by atoms with van der Waals surface area (Å²) >= 11 is 0. The summed E-state index contributed by atoms with van der Waals surface area (Å²) < 4.78 is 29.4.